The number of rotatable bonds is 7. The summed E-state index contributed by atoms with van der Waals surface area (Å²) in [6, 6.07) is 7.85. The molecule has 0 aliphatic rings. The van der Waals surface area contributed by atoms with Gasteiger partial charge >= 0.3 is 5.97 Å². The van der Waals surface area contributed by atoms with Gasteiger partial charge in [0.2, 0.25) is 0 Å². The first-order chi connectivity index (χ1) is 8.15. The monoisotopic (exact) mass is 252 g/mol. The molecule has 94 valence electrons. The van der Waals surface area contributed by atoms with Crippen LogP contribution in [0.1, 0.15) is 32.3 Å². The number of carboxylic acid groups (broad SMARTS) is 1. The van der Waals surface area contributed by atoms with Gasteiger partial charge in [0.25, 0.3) is 0 Å². The Balaban J connectivity index is 2.47. The van der Waals surface area contributed by atoms with E-state index in [9.17, 15) is 4.79 Å². The Morgan fingerprint density at radius 3 is 2.29 bits per heavy atom. The lowest BCUT2D eigenvalue weighted by molar-refractivity contribution is -0.136. The highest BCUT2D eigenvalue weighted by Crippen LogP contribution is 2.23. The summed E-state index contributed by atoms with van der Waals surface area (Å²) in [7, 11) is 0. The third-order valence-corrected chi connectivity index (χ3v) is 4.16. The van der Waals surface area contributed by atoms with Crippen LogP contribution in [0.2, 0.25) is 0 Å². The van der Waals surface area contributed by atoms with E-state index in [1.165, 1.54) is 17.7 Å². The van der Waals surface area contributed by atoms with Gasteiger partial charge in [0, 0.05) is 10.6 Å². The summed E-state index contributed by atoms with van der Waals surface area (Å²) in [4.78, 5) is 11.8. The van der Waals surface area contributed by atoms with Gasteiger partial charge < -0.3 is 5.11 Å². The number of hydrogen-bond acceptors (Lipinski definition) is 2. The second kappa shape index (κ2) is 7.38. The Labute approximate surface area is 107 Å². The zero-order valence-electron chi connectivity index (χ0n) is 10.5. The first-order valence-electron chi connectivity index (χ1n) is 6.09. The molecular weight excluding hydrogens is 232 g/mol. The molecule has 0 heterocycles. The van der Waals surface area contributed by atoms with Crippen LogP contribution in [0.5, 0.6) is 0 Å². The van der Waals surface area contributed by atoms with Crippen LogP contribution in [-0.2, 0) is 11.2 Å². The normalized spacial score (nSPS) is 10.8. The van der Waals surface area contributed by atoms with E-state index in [2.05, 4.69) is 13.8 Å². The summed E-state index contributed by atoms with van der Waals surface area (Å²) in [6.07, 6.45) is 2.55. The molecule has 0 fully saturated rings. The zero-order valence-corrected chi connectivity index (χ0v) is 11.3. The highest BCUT2D eigenvalue weighted by Gasteiger charge is 2.05. The molecule has 3 heteroatoms. The second-order valence-electron chi connectivity index (χ2n) is 4.21. The summed E-state index contributed by atoms with van der Waals surface area (Å²) in [6.45, 7) is 4.45. The fourth-order valence-electron chi connectivity index (χ4n) is 1.62. The van der Waals surface area contributed by atoms with Crippen LogP contribution in [0.4, 0.5) is 0 Å². The van der Waals surface area contributed by atoms with Crippen LogP contribution < -0.4 is 0 Å². The molecule has 1 aromatic carbocycles. The molecule has 0 spiro atoms. The highest BCUT2D eigenvalue weighted by molar-refractivity contribution is 7.99. The number of carbonyl (C=O) groups is 1. The summed E-state index contributed by atoms with van der Waals surface area (Å²) in [5.41, 5.74) is 0.865. The van der Waals surface area contributed by atoms with E-state index in [-0.39, 0.29) is 6.42 Å². The molecule has 17 heavy (non-hydrogen) atoms. The smallest absolute Gasteiger partial charge is 0.307 e. The predicted molar refractivity (Wildman–Crippen MR) is 72.6 cm³/mol. The van der Waals surface area contributed by atoms with Crippen molar-refractivity contribution in [3.8, 4) is 0 Å². The molecule has 0 bridgehead atoms. The molecule has 0 saturated carbocycles. The first-order valence-corrected chi connectivity index (χ1v) is 7.07. The fourth-order valence-corrected chi connectivity index (χ4v) is 2.84. The van der Waals surface area contributed by atoms with Gasteiger partial charge in [-0.25, -0.2) is 0 Å². The minimum Gasteiger partial charge on any atom is -0.481 e. The number of benzene rings is 1. The van der Waals surface area contributed by atoms with Crippen molar-refractivity contribution in [2.75, 3.05) is 5.75 Å². The summed E-state index contributed by atoms with van der Waals surface area (Å²) in [5, 5.41) is 8.67. The summed E-state index contributed by atoms with van der Waals surface area (Å²) in [5.74, 6) is 1.15. The van der Waals surface area contributed by atoms with Gasteiger partial charge in [-0.2, -0.15) is 0 Å². The molecule has 0 atom stereocenters. The minimum absolute atomic E-state index is 0.109. The Morgan fingerprint density at radius 2 is 1.82 bits per heavy atom. The van der Waals surface area contributed by atoms with Crippen molar-refractivity contribution in [2.45, 2.75) is 38.0 Å². The molecule has 0 aliphatic carbocycles. The molecular formula is C14H20O2S. The SMILES string of the molecule is CCC(CC)CSc1ccc(CC(=O)O)cc1. The molecule has 0 saturated heterocycles. The van der Waals surface area contributed by atoms with Crippen LogP contribution in [0.3, 0.4) is 0 Å². The lowest BCUT2D eigenvalue weighted by Gasteiger charge is -2.11. The number of carboxylic acids is 1. The number of thioether (sulfide) groups is 1. The van der Waals surface area contributed by atoms with Gasteiger partial charge in [0.15, 0.2) is 0 Å². The average molecular weight is 252 g/mol. The average Bonchev–Trinajstić information content (AvgIpc) is 2.32. The van der Waals surface area contributed by atoms with Crippen molar-refractivity contribution < 1.29 is 9.90 Å². The second-order valence-corrected chi connectivity index (χ2v) is 5.30. The topological polar surface area (TPSA) is 37.3 Å². The van der Waals surface area contributed by atoms with E-state index in [1.54, 1.807) is 0 Å². The fraction of sp³-hybridized carbons (Fsp3) is 0.500. The summed E-state index contributed by atoms with van der Waals surface area (Å²) < 4.78 is 0. The molecule has 2 nitrogen and oxygen atoms in total. The van der Waals surface area contributed by atoms with Gasteiger partial charge in [0.1, 0.15) is 0 Å². The minimum atomic E-state index is -0.776. The molecule has 0 unspecified atom stereocenters. The Hall–Kier alpha value is -0.960. The van der Waals surface area contributed by atoms with Crippen LogP contribution in [-0.4, -0.2) is 16.8 Å². The Bertz CT molecular complexity index is 342. The van der Waals surface area contributed by atoms with Gasteiger partial charge in [-0.1, -0.05) is 38.8 Å². The van der Waals surface area contributed by atoms with E-state index in [0.717, 1.165) is 17.2 Å². The van der Waals surface area contributed by atoms with E-state index in [1.807, 2.05) is 36.0 Å². The van der Waals surface area contributed by atoms with Crippen molar-refractivity contribution in [2.24, 2.45) is 5.92 Å². The van der Waals surface area contributed by atoms with Crippen LogP contribution in [0, 0.1) is 5.92 Å². The van der Waals surface area contributed by atoms with E-state index < -0.39 is 5.97 Å². The maximum atomic E-state index is 10.5. The third kappa shape index (κ3) is 5.26. The van der Waals surface area contributed by atoms with Gasteiger partial charge in [0.05, 0.1) is 6.42 Å². The van der Waals surface area contributed by atoms with Crippen LogP contribution >= 0.6 is 11.8 Å². The molecule has 0 amide bonds. The zero-order chi connectivity index (χ0) is 12.7. The highest BCUT2D eigenvalue weighted by atomic mass is 32.2. The number of hydrogen-bond donors (Lipinski definition) is 1. The predicted octanol–water partition coefficient (Wildman–Crippen LogP) is 3.84. The maximum absolute atomic E-state index is 10.5. The molecule has 1 aromatic rings. The molecule has 0 aromatic heterocycles. The van der Waals surface area contributed by atoms with Gasteiger partial charge in [-0.05, 0) is 23.6 Å². The maximum Gasteiger partial charge on any atom is 0.307 e. The van der Waals surface area contributed by atoms with Crippen molar-refractivity contribution >= 4 is 17.7 Å². The van der Waals surface area contributed by atoms with E-state index in [4.69, 9.17) is 5.11 Å². The largest absolute Gasteiger partial charge is 0.481 e. The Kier molecular flexibility index (Phi) is 6.12. The van der Waals surface area contributed by atoms with Crippen LogP contribution in [0.15, 0.2) is 29.2 Å². The molecule has 1 N–H and O–H groups in total. The van der Waals surface area contributed by atoms with Crippen molar-refractivity contribution in [1.29, 1.82) is 0 Å². The molecule has 0 radical (unpaired) electrons. The van der Waals surface area contributed by atoms with E-state index >= 15 is 0 Å². The standard InChI is InChI=1S/C14H20O2S/c1-3-11(4-2)10-17-13-7-5-12(6-8-13)9-14(15)16/h5-8,11H,3-4,9-10H2,1-2H3,(H,15,16). The third-order valence-electron chi connectivity index (χ3n) is 2.92. The van der Waals surface area contributed by atoms with Gasteiger partial charge in [-0.3, -0.25) is 4.79 Å². The first kappa shape index (κ1) is 14.1. The lowest BCUT2D eigenvalue weighted by Crippen LogP contribution is -2.00. The Morgan fingerprint density at radius 1 is 1.24 bits per heavy atom. The van der Waals surface area contributed by atoms with Gasteiger partial charge in [-0.15, -0.1) is 11.8 Å². The van der Waals surface area contributed by atoms with Crippen molar-refractivity contribution in [3.05, 3.63) is 29.8 Å². The number of aliphatic carboxylic acids is 1. The van der Waals surface area contributed by atoms with Crippen molar-refractivity contribution in [3.63, 3.8) is 0 Å². The van der Waals surface area contributed by atoms with E-state index in [0.29, 0.717) is 0 Å². The van der Waals surface area contributed by atoms with Crippen LogP contribution in [0.25, 0.3) is 0 Å². The molecule has 1 rings (SSSR count). The quantitative estimate of drug-likeness (QED) is 0.749. The molecule has 0 aliphatic heterocycles. The van der Waals surface area contributed by atoms with Crippen molar-refractivity contribution in [1.82, 2.24) is 0 Å². The summed E-state index contributed by atoms with van der Waals surface area (Å²) >= 11 is 1.86. The lowest BCUT2D eigenvalue weighted by atomic mass is 10.1.